The summed E-state index contributed by atoms with van der Waals surface area (Å²) >= 11 is 0. The molecule has 2 aliphatic rings. The lowest BCUT2D eigenvalue weighted by Crippen LogP contribution is -2.48. The lowest BCUT2D eigenvalue weighted by Gasteiger charge is -2.50. The summed E-state index contributed by atoms with van der Waals surface area (Å²) in [5, 5.41) is 3.49. The molecular formula is C33H42N2O3. The molecule has 4 rings (SSSR count). The highest BCUT2D eigenvalue weighted by atomic mass is 16.5. The fourth-order valence-electron chi connectivity index (χ4n) is 6.21. The molecule has 1 atom stereocenters. The van der Waals surface area contributed by atoms with Gasteiger partial charge in [0.15, 0.2) is 0 Å². The predicted molar refractivity (Wildman–Crippen MR) is 154 cm³/mol. The zero-order chi connectivity index (χ0) is 27.2. The largest absolute Gasteiger partial charge is 0.465 e. The molecule has 0 bridgehead atoms. The van der Waals surface area contributed by atoms with Crippen LogP contribution < -0.4 is 5.32 Å². The predicted octanol–water partition coefficient (Wildman–Crippen LogP) is 6.06. The molecule has 0 aromatic heterocycles. The Kier molecular flexibility index (Phi) is 8.88. The molecule has 1 aliphatic carbocycles. The maximum atomic E-state index is 13.1. The number of hydrogen-bond acceptors (Lipinski definition) is 4. The van der Waals surface area contributed by atoms with E-state index in [0.29, 0.717) is 18.5 Å². The van der Waals surface area contributed by atoms with Gasteiger partial charge < -0.3 is 15.0 Å². The molecule has 0 radical (unpaired) electrons. The van der Waals surface area contributed by atoms with E-state index in [-0.39, 0.29) is 22.7 Å². The highest BCUT2D eigenvalue weighted by molar-refractivity contribution is 5.90. The van der Waals surface area contributed by atoms with Crippen molar-refractivity contribution in [3.05, 3.63) is 89.0 Å². The Morgan fingerprint density at radius 2 is 1.66 bits per heavy atom. The third-order valence-electron chi connectivity index (χ3n) is 8.19. The number of nitrogens with one attached hydrogen (secondary N) is 1. The summed E-state index contributed by atoms with van der Waals surface area (Å²) in [6, 6.07) is 18.3. The second-order valence-electron chi connectivity index (χ2n) is 11.4. The molecule has 202 valence electrons. The molecule has 1 amide bonds. The Morgan fingerprint density at radius 3 is 2.37 bits per heavy atom. The average molecular weight is 515 g/mol. The van der Waals surface area contributed by atoms with Crippen molar-refractivity contribution in [3.63, 3.8) is 0 Å². The number of rotatable bonds is 10. The molecule has 38 heavy (non-hydrogen) atoms. The van der Waals surface area contributed by atoms with Crippen LogP contribution in [0, 0.1) is 10.8 Å². The molecule has 0 spiro atoms. The molecule has 0 saturated heterocycles. The van der Waals surface area contributed by atoms with Gasteiger partial charge >= 0.3 is 5.97 Å². The van der Waals surface area contributed by atoms with Gasteiger partial charge in [-0.2, -0.15) is 0 Å². The van der Waals surface area contributed by atoms with Crippen LogP contribution in [-0.2, 0) is 16.0 Å². The minimum absolute atomic E-state index is 0.0669. The zero-order valence-electron chi connectivity index (χ0n) is 23.4. The van der Waals surface area contributed by atoms with Crippen molar-refractivity contribution in [2.24, 2.45) is 10.8 Å². The first-order valence-corrected chi connectivity index (χ1v) is 13.9. The molecule has 5 nitrogen and oxygen atoms in total. The number of hydrogen-bond donors (Lipinski definition) is 1. The van der Waals surface area contributed by atoms with Gasteiger partial charge in [0.25, 0.3) is 0 Å². The Bertz CT molecular complexity index is 1180. The van der Waals surface area contributed by atoms with Gasteiger partial charge in [-0.1, -0.05) is 81.0 Å². The Balaban J connectivity index is 1.28. The van der Waals surface area contributed by atoms with Crippen molar-refractivity contribution in [2.75, 3.05) is 33.3 Å². The lowest BCUT2D eigenvalue weighted by atomic mass is 9.58. The molecule has 0 saturated carbocycles. The van der Waals surface area contributed by atoms with Gasteiger partial charge in [0.2, 0.25) is 5.91 Å². The second-order valence-corrected chi connectivity index (χ2v) is 11.4. The number of nitrogens with zero attached hydrogens (tertiary/aromatic N) is 1. The summed E-state index contributed by atoms with van der Waals surface area (Å²) in [5.74, 6) is -0.0711. The van der Waals surface area contributed by atoms with Crippen LogP contribution in [0.2, 0.25) is 0 Å². The van der Waals surface area contributed by atoms with Crippen molar-refractivity contribution >= 4 is 17.4 Å². The minimum Gasteiger partial charge on any atom is -0.465 e. The van der Waals surface area contributed by atoms with E-state index < -0.39 is 0 Å². The molecular weight excluding hydrogens is 472 g/mol. The third-order valence-corrected chi connectivity index (χ3v) is 8.19. The number of carbonyl (C=O) groups is 2. The number of carbonyl (C=O) groups excluding carboxylic acids is 2. The van der Waals surface area contributed by atoms with Crippen molar-refractivity contribution in [1.29, 1.82) is 0 Å². The van der Waals surface area contributed by atoms with Gasteiger partial charge in [0.1, 0.15) is 0 Å². The van der Waals surface area contributed by atoms with Crippen LogP contribution in [0.25, 0.3) is 5.57 Å². The maximum Gasteiger partial charge on any atom is 0.337 e. The monoisotopic (exact) mass is 514 g/mol. The standard InChI is InChI=1S/C33H42N2O3/c1-32(2)28(26-14-16-27(17-15-26)31(37)38-4)18-20-33(3)24-35(23-19-29(32)33)30(36)13-9-22-34-21-8-12-25-10-6-5-7-11-25/h5-7,10-11,14-19,34H,8-9,12-13,20-24H2,1-4H3/t33-/m1/s1. The number of allylic oxidation sites excluding steroid dienone is 2. The number of aryl methyl sites for hydroxylation is 1. The normalized spacial score (nSPS) is 20.3. The number of amides is 1. The van der Waals surface area contributed by atoms with E-state index in [1.54, 1.807) is 0 Å². The van der Waals surface area contributed by atoms with Crippen LogP contribution >= 0.6 is 0 Å². The quantitative estimate of drug-likeness (QED) is 0.238. The average Bonchev–Trinajstić information content (AvgIpc) is 2.92. The Morgan fingerprint density at radius 1 is 0.947 bits per heavy atom. The smallest absolute Gasteiger partial charge is 0.337 e. The van der Waals surface area contributed by atoms with E-state index in [9.17, 15) is 9.59 Å². The summed E-state index contributed by atoms with van der Waals surface area (Å²) in [7, 11) is 1.40. The number of fused-ring (bicyclic) bond motifs is 1. The van der Waals surface area contributed by atoms with E-state index in [4.69, 9.17) is 4.74 Å². The molecule has 2 aromatic carbocycles. The topological polar surface area (TPSA) is 58.6 Å². The number of methoxy groups -OCH3 is 1. The van der Waals surface area contributed by atoms with E-state index in [0.717, 1.165) is 50.9 Å². The van der Waals surface area contributed by atoms with Crippen LogP contribution in [0.5, 0.6) is 0 Å². The van der Waals surface area contributed by atoms with Gasteiger partial charge in [-0.3, -0.25) is 4.79 Å². The zero-order valence-corrected chi connectivity index (χ0v) is 23.4. The Hall–Kier alpha value is -3.18. The van der Waals surface area contributed by atoms with Gasteiger partial charge in [0.05, 0.1) is 12.7 Å². The molecule has 2 aromatic rings. The van der Waals surface area contributed by atoms with Crippen molar-refractivity contribution in [3.8, 4) is 0 Å². The highest BCUT2D eigenvalue weighted by Crippen LogP contribution is 2.55. The fraction of sp³-hybridized carbons (Fsp3) is 0.455. The van der Waals surface area contributed by atoms with Gasteiger partial charge in [-0.05, 0) is 67.6 Å². The number of benzene rings is 2. The highest BCUT2D eigenvalue weighted by Gasteiger charge is 2.46. The van der Waals surface area contributed by atoms with Gasteiger partial charge in [-0.15, -0.1) is 0 Å². The van der Waals surface area contributed by atoms with Crippen molar-refractivity contribution in [2.45, 2.75) is 52.9 Å². The van der Waals surface area contributed by atoms with Crippen LogP contribution in [0.3, 0.4) is 0 Å². The summed E-state index contributed by atoms with van der Waals surface area (Å²) in [5.41, 5.74) is 5.52. The van der Waals surface area contributed by atoms with Gasteiger partial charge in [0, 0.05) is 30.3 Å². The molecule has 1 heterocycles. The van der Waals surface area contributed by atoms with Crippen molar-refractivity contribution < 1.29 is 14.3 Å². The van der Waals surface area contributed by atoms with Crippen LogP contribution in [0.1, 0.15) is 67.9 Å². The molecule has 5 heteroatoms. The van der Waals surface area contributed by atoms with E-state index in [2.05, 4.69) is 68.6 Å². The van der Waals surface area contributed by atoms with E-state index in [1.165, 1.54) is 23.8 Å². The summed E-state index contributed by atoms with van der Waals surface area (Å²) in [6.07, 6.45) is 9.16. The first-order valence-electron chi connectivity index (χ1n) is 13.9. The molecule has 0 unspecified atom stereocenters. The van der Waals surface area contributed by atoms with Gasteiger partial charge in [-0.25, -0.2) is 4.79 Å². The first kappa shape index (κ1) is 27.8. The third kappa shape index (κ3) is 6.27. The number of esters is 1. The minimum atomic E-state index is -0.320. The lowest BCUT2D eigenvalue weighted by molar-refractivity contribution is -0.132. The molecule has 0 fully saturated rings. The van der Waals surface area contributed by atoms with E-state index >= 15 is 0 Å². The van der Waals surface area contributed by atoms with E-state index in [1.807, 2.05) is 29.2 Å². The summed E-state index contributed by atoms with van der Waals surface area (Å²) in [6.45, 7) is 10.1. The van der Waals surface area contributed by atoms with Crippen LogP contribution in [-0.4, -0.2) is 50.1 Å². The maximum absolute atomic E-state index is 13.1. The second kappa shape index (κ2) is 12.1. The fourth-order valence-corrected chi connectivity index (χ4v) is 6.21. The Labute approximate surface area is 228 Å². The summed E-state index contributed by atoms with van der Waals surface area (Å²) < 4.78 is 4.84. The van der Waals surface area contributed by atoms with Crippen molar-refractivity contribution in [1.82, 2.24) is 10.2 Å². The first-order chi connectivity index (χ1) is 18.2. The SMILES string of the molecule is COC(=O)c1ccc(C2=CC[C@]3(C)CN(C(=O)CCCNCCCc4ccccc4)CC=C3C2(C)C)cc1. The van der Waals surface area contributed by atoms with Crippen LogP contribution in [0.15, 0.2) is 72.3 Å². The molecule has 1 aliphatic heterocycles. The summed E-state index contributed by atoms with van der Waals surface area (Å²) in [4.78, 5) is 26.9. The molecule has 1 N–H and O–H groups in total. The number of ether oxygens (including phenoxy) is 1. The van der Waals surface area contributed by atoms with Crippen LogP contribution in [0.4, 0.5) is 0 Å².